The first-order chi connectivity index (χ1) is 10.9. The molecule has 0 N–H and O–H groups in total. The molecular weight excluding hydrogens is 356 g/mol. The summed E-state index contributed by atoms with van der Waals surface area (Å²) in [5, 5.41) is 0. The van der Waals surface area contributed by atoms with Crippen LogP contribution in [-0.4, -0.2) is 11.8 Å². The Bertz CT molecular complexity index is 752. The van der Waals surface area contributed by atoms with Crippen LogP contribution in [0.3, 0.4) is 0 Å². The Morgan fingerprint density at radius 1 is 0.957 bits per heavy atom. The highest BCUT2D eigenvalue weighted by molar-refractivity contribution is 9.10. The van der Waals surface area contributed by atoms with Crippen LogP contribution in [-0.2, 0) is 14.3 Å². The average molecular weight is 373 g/mol. The molecule has 2 atom stereocenters. The Kier molecular flexibility index (Phi) is 4.11. The Hall–Kier alpha value is -1.94. The van der Waals surface area contributed by atoms with Gasteiger partial charge in [0.25, 0.3) is 0 Å². The van der Waals surface area contributed by atoms with E-state index >= 15 is 0 Å². The van der Waals surface area contributed by atoms with Crippen molar-refractivity contribution in [3.8, 4) is 0 Å². The topological polar surface area (TPSA) is 43.4 Å². The summed E-state index contributed by atoms with van der Waals surface area (Å²) in [5.74, 6) is -1.10. The quantitative estimate of drug-likeness (QED) is 0.578. The van der Waals surface area contributed by atoms with Crippen molar-refractivity contribution >= 4 is 27.7 Å². The lowest BCUT2D eigenvalue weighted by molar-refractivity contribution is -0.174. The lowest BCUT2D eigenvalue weighted by Gasteiger charge is -2.38. The zero-order valence-electron chi connectivity index (χ0n) is 13.0. The second kappa shape index (κ2) is 5.93. The van der Waals surface area contributed by atoms with Gasteiger partial charge in [-0.1, -0.05) is 64.5 Å². The van der Waals surface area contributed by atoms with E-state index in [4.69, 9.17) is 4.74 Å². The van der Waals surface area contributed by atoms with Crippen LogP contribution < -0.4 is 0 Å². The summed E-state index contributed by atoms with van der Waals surface area (Å²) in [4.78, 5) is 25.4. The molecule has 0 aliphatic carbocycles. The van der Waals surface area contributed by atoms with E-state index in [9.17, 15) is 9.59 Å². The number of benzene rings is 2. The molecule has 1 saturated heterocycles. The third kappa shape index (κ3) is 2.72. The molecule has 2 aromatic rings. The van der Waals surface area contributed by atoms with Crippen LogP contribution in [0.1, 0.15) is 37.0 Å². The average Bonchev–Trinajstić information content (AvgIpc) is 2.54. The number of Topliss-reactive ketones (excluding diaryl/α,β-unsaturated/α-hetero) is 1. The molecule has 0 aromatic heterocycles. The van der Waals surface area contributed by atoms with Gasteiger partial charge in [-0.25, -0.2) is 0 Å². The maximum atomic E-state index is 13.0. The maximum absolute atomic E-state index is 13.0. The predicted octanol–water partition coefficient (Wildman–Crippen LogP) is 4.43. The second-order valence-corrected chi connectivity index (χ2v) is 7.08. The Morgan fingerprint density at radius 3 is 2.22 bits per heavy atom. The van der Waals surface area contributed by atoms with Crippen molar-refractivity contribution in [2.45, 2.75) is 25.9 Å². The minimum Gasteiger partial charge on any atom is -0.456 e. The molecule has 0 bridgehead atoms. The maximum Gasteiger partial charge on any atom is 0.319 e. The molecule has 0 amide bonds. The Balaban J connectivity index is 2.14. The molecule has 0 radical (unpaired) electrons. The van der Waals surface area contributed by atoms with E-state index < -0.39 is 23.4 Å². The van der Waals surface area contributed by atoms with Gasteiger partial charge in [-0.05, 0) is 25.5 Å². The van der Waals surface area contributed by atoms with Gasteiger partial charge in [0.2, 0.25) is 0 Å². The summed E-state index contributed by atoms with van der Waals surface area (Å²) >= 11 is 3.50. The minimum atomic E-state index is -1.14. The highest BCUT2D eigenvalue weighted by Crippen LogP contribution is 2.46. The number of carbonyl (C=O) groups excluding carboxylic acids is 2. The van der Waals surface area contributed by atoms with Gasteiger partial charge < -0.3 is 4.74 Å². The number of halogens is 1. The van der Waals surface area contributed by atoms with Crippen molar-refractivity contribution < 1.29 is 14.3 Å². The molecule has 0 spiro atoms. The molecular formula is C19H17BrO3. The number of hydrogen-bond acceptors (Lipinski definition) is 3. The first kappa shape index (κ1) is 15.9. The summed E-state index contributed by atoms with van der Waals surface area (Å²) in [5.41, 5.74) is 0.524. The normalized spacial score (nSPS) is 23.4. The minimum absolute atomic E-state index is 0.110. The van der Waals surface area contributed by atoms with E-state index in [0.717, 1.165) is 15.6 Å². The highest BCUT2D eigenvalue weighted by atomic mass is 79.9. The van der Waals surface area contributed by atoms with Crippen LogP contribution in [0.4, 0.5) is 0 Å². The third-order valence-electron chi connectivity index (χ3n) is 4.32. The van der Waals surface area contributed by atoms with Crippen molar-refractivity contribution in [2.24, 2.45) is 5.41 Å². The fourth-order valence-corrected chi connectivity index (χ4v) is 3.40. The molecule has 118 valence electrons. The van der Waals surface area contributed by atoms with Crippen molar-refractivity contribution in [1.29, 1.82) is 0 Å². The van der Waals surface area contributed by atoms with E-state index in [2.05, 4.69) is 15.9 Å². The van der Waals surface area contributed by atoms with Crippen molar-refractivity contribution in [3.05, 3.63) is 70.2 Å². The molecule has 2 aromatic carbocycles. The molecule has 0 saturated carbocycles. The first-order valence-corrected chi connectivity index (χ1v) is 8.27. The summed E-state index contributed by atoms with van der Waals surface area (Å²) < 4.78 is 6.54. The van der Waals surface area contributed by atoms with Gasteiger partial charge in [-0.3, -0.25) is 9.59 Å². The molecule has 3 rings (SSSR count). The molecule has 1 fully saturated rings. The molecule has 2 unspecified atom stereocenters. The Labute approximate surface area is 143 Å². The summed E-state index contributed by atoms with van der Waals surface area (Å²) in [6.07, 6.45) is -0.624. The van der Waals surface area contributed by atoms with Gasteiger partial charge in [0.05, 0.1) is 5.92 Å². The number of hydrogen-bond donors (Lipinski definition) is 0. The van der Waals surface area contributed by atoms with Crippen molar-refractivity contribution in [2.75, 3.05) is 0 Å². The smallest absolute Gasteiger partial charge is 0.319 e. The molecule has 3 nitrogen and oxygen atoms in total. The Morgan fingerprint density at radius 2 is 1.57 bits per heavy atom. The number of esters is 1. The zero-order valence-corrected chi connectivity index (χ0v) is 14.5. The fraction of sp³-hybridized carbons (Fsp3) is 0.263. The number of ether oxygens (including phenoxy) is 1. The van der Waals surface area contributed by atoms with Gasteiger partial charge in [0.1, 0.15) is 11.5 Å². The van der Waals surface area contributed by atoms with E-state index in [1.54, 1.807) is 13.8 Å². The number of cyclic esters (lactones) is 1. The monoisotopic (exact) mass is 372 g/mol. The lowest BCUT2D eigenvalue weighted by atomic mass is 9.72. The van der Waals surface area contributed by atoms with E-state index in [1.165, 1.54) is 0 Å². The van der Waals surface area contributed by atoms with Gasteiger partial charge >= 0.3 is 5.97 Å². The highest BCUT2D eigenvalue weighted by Gasteiger charge is 2.51. The SMILES string of the molecule is CC1(C)C(=O)OC(c2ccccc2Br)C(c2ccccc2)C1=O. The third-order valence-corrected chi connectivity index (χ3v) is 5.04. The largest absolute Gasteiger partial charge is 0.456 e. The summed E-state index contributed by atoms with van der Waals surface area (Å²) in [7, 11) is 0. The molecule has 4 heteroatoms. The summed E-state index contributed by atoms with van der Waals surface area (Å²) in [6.45, 7) is 3.26. The van der Waals surface area contributed by atoms with Gasteiger partial charge in [-0.15, -0.1) is 0 Å². The van der Waals surface area contributed by atoms with Crippen molar-refractivity contribution in [3.63, 3.8) is 0 Å². The van der Waals surface area contributed by atoms with E-state index in [1.807, 2.05) is 54.6 Å². The number of carbonyl (C=O) groups is 2. The van der Waals surface area contributed by atoms with Crippen molar-refractivity contribution in [1.82, 2.24) is 0 Å². The fourth-order valence-electron chi connectivity index (χ4n) is 2.89. The van der Waals surface area contributed by atoms with Gasteiger partial charge in [0, 0.05) is 10.0 Å². The zero-order chi connectivity index (χ0) is 16.6. The number of rotatable bonds is 2. The van der Waals surface area contributed by atoms with Crippen LogP contribution in [0.25, 0.3) is 0 Å². The van der Waals surface area contributed by atoms with Crippen LogP contribution in [0.2, 0.25) is 0 Å². The van der Waals surface area contributed by atoms with Crippen LogP contribution in [0, 0.1) is 5.41 Å². The lowest BCUT2D eigenvalue weighted by Crippen LogP contribution is -2.46. The standard InChI is InChI=1S/C19H17BrO3/c1-19(2)17(21)15(12-8-4-3-5-9-12)16(23-18(19)22)13-10-6-7-11-14(13)20/h3-11,15-16H,1-2H3. The van der Waals surface area contributed by atoms with Crippen LogP contribution >= 0.6 is 15.9 Å². The number of ketones is 1. The molecule has 1 heterocycles. The van der Waals surface area contributed by atoms with Crippen LogP contribution in [0.5, 0.6) is 0 Å². The molecule has 1 aliphatic rings. The van der Waals surface area contributed by atoms with Gasteiger partial charge in [0.15, 0.2) is 5.78 Å². The predicted molar refractivity (Wildman–Crippen MR) is 90.9 cm³/mol. The van der Waals surface area contributed by atoms with E-state index in [-0.39, 0.29) is 5.78 Å². The van der Waals surface area contributed by atoms with Gasteiger partial charge in [-0.2, -0.15) is 0 Å². The second-order valence-electron chi connectivity index (χ2n) is 6.23. The summed E-state index contributed by atoms with van der Waals surface area (Å²) in [6, 6.07) is 17.0. The first-order valence-electron chi connectivity index (χ1n) is 7.47. The molecule has 23 heavy (non-hydrogen) atoms. The molecule has 1 aliphatic heterocycles. The van der Waals surface area contributed by atoms with E-state index in [0.29, 0.717) is 0 Å². The van der Waals surface area contributed by atoms with Crippen LogP contribution in [0.15, 0.2) is 59.1 Å².